The SMILES string of the molecule is CC(Sc1nnc(N)s1)C(=O)Nc1ccnn1C(C)C. The third-order valence-corrected chi connectivity index (χ3v) is 4.42. The number of rotatable bonds is 5. The second-order valence-corrected chi connectivity index (χ2v) is 7.01. The molecule has 1 unspecified atom stereocenters. The Balaban J connectivity index is 1.99. The molecule has 0 radical (unpaired) electrons. The number of carbonyl (C=O) groups is 1. The summed E-state index contributed by atoms with van der Waals surface area (Å²) in [4.78, 5) is 12.1. The number of amides is 1. The van der Waals surface area contributed by atoms with Gasteiger partial charge in [-0.2, -0.15) is 5.10 Å². The molecule has 20 heavy (non-hydrogen) atoms. The molecule has 0 bridgehead atoms. The fraction of sp³-hybridized carbons (Fsp3) is 0.455. The minimum atomic E-state index is -0.294. The summed E-state index contributed by atoms with van der Waals surface area (Å²) in [7, 11) is 0. The molecular formula is C11H16N6OS2. The van der Waals surface area contributed by atoms with Gasteiger partial charge in [-0.05, 0) is 20.8 Å². The van der Waals surface area contributed by atoms with E-state index < -0.39 is 0 Å². The standard InChI is InChI=1S/C11H16N6OS2/c1-6(2)17-8(4-5-13-17)14-9(18)7(3)19-11-16-15-10(12)20-11/h4-7H,1-3H3,(H2,12,15)(H,14,18). The van der Waals surface area contributed by atoms with E-state index in [4.69, 9.17) is 5.73 Å². The zero-order valence-electron chi connectivity index (χ0n) is 11.4. The fourth-order valence-corrected chi connectivity index (χ4v) is 3.31. The molecule has 2 aromatic heterocycles. The number of nitrogen functional groups attached to an aromatic ring is 1. The number of thioether (sulfide) groups is 1. The number of hydrogen-bond donors (Lipinski definition) is 2. The average Bonchev–Trinajstić information content (AvgIpc) is 2.98. The highest BCUT2D eigenvalue weighted by atomic mass is 32.2. The molecule has 0 aliphatic rings. The van der Waals surface area contributed by atoms with E-state index in [0.29, 0.717) is 15.3 Å². The van der Waals surface area contributed by atoms with Crippen molar-refractivity contribution in [1.82, 2.24) is 20.0 Å². The lowest BCUT2D eigenvalue weighted by Crippen LogP contribution is -2.24. The average molecular weight is 312 g/mol. The van der Waals surface area contributed by atoms with E-state index in [-0.39, 0.29) is 17.2 Å². The summed E-state index contributed by atoms with van der Waals surface area (Å²) < 4.78 is 2.45. The molecule has 7 nitrogen and oxygen atoms in total. The monoisotopic (exact) mass is 312 g/mol. The molecule has 108 valence electrons. The van der Waals surface area contributed by atoms with Crippen molar-refractivity contribution in [3.05, 3.63) is 12.3 Å². The summed E-state index contributed by atoms with van der Waals surface area (Å²) in [5, 5.41) is 14.8. The molecule has 0 saturated carbocycles. The van der Waals surface area contributed by atoms with Crippen LogP contribution in [0.3, 0.4) is 0 Å². The predicted molar refractivity (Wildman–Crippen MR) is 80.9 cm³/mol. The van der Waals surface area contributed by atoms with Gasteiger partial charge in [0.15, 0.2) is 4.34 Å². The van der Waals surface area contributed by atoms with Crippen LogP contribution in [0, 0.1) is 0 Å². The van der Waals surface area contributed by atoms with Crippen LogP contribution in [-0.2, 0) is 4.79 Å². The number of nitrogens with one attached hydrogen (secondary N) is 1. The van der Waals surface area contributed by atoms with Crippen molar-refractivity contribution in [2.45, 2.75) is 36.4 Å². The van der Waals surface area contributed by atoms with Crippen LogP contribution >= 0.6 is 23.1 Å². The summed E-state index contributed by atoms with van der Waals surface area (Å²) in [6, 6.07) is 1.96. The highest BCUT2D eigenvalue weighted by molar-refractivity contribution is 8.02. The molecule has 2 rings (SSSR count). The summed E-state index contributed by atoms with van der Waals surface area (Å²) in [5.74, 6) is 0.584. The first-order chi connectivity index (χ1) is 9.47. The fourth-order valence-electron chi connectivity index (χ4n) is 1.53. The van der Waals surface area contributed by atoms with Gasteiger partial charge in [0.25, 0.3) is 0 Å². The van der Waals surface area contributed by atoms with Crippen LogP contribution < -0.4 is 11.1 Å². The lowest BCUT2D eigenvalue weighted by molar-refractivity contribution is -0.115. The van der Waals surface area contributed by atoms with E-state index in [1.807, 2.05) is 20.8 Å². The van der Waals surface area contributed by atoms with E-state index in [1.54, 1.807) is 16.9 Å². The molecule has 1 amide bonds. The molecule has 0 aliphatic carbocycles. The van der Waals surface area contributed by atoms with Crippen LogP contribution in [0.1, 0.15) is 26.8 Å². The van der Waals surface area contributed by atoms with Gasteiger partial charge in [0.05, 0.1) is 11.4 Å². The first kappa shape index (κ1) is 14.8. The highest BCUT2D eigenvalue weighted by Crippen LogP contribution is 2.28. The molecule has 2 heterocycles. The lowest BCUT2D eigenvalue weighted by Gasteiger charge is -2.14. The zero-order chi connectivity index (χ0) is 14.7. The van der Waals surface area contributed by atoms with Gasteiger partial charge in [-0.3, -0.25) is 4.79 Å². The Morgan fingerprint density at radius 3 is 2.80 bits per heavy atom. The van der Waals surface area contributed by atoms with Gasteiger partial charge >= 0.3 is 0 Å². The van der Waals surface area contributed by atoms with Gasteiger partial charge < -0.3 is 11.1 Å². The van der Waals surface area contributed by atoms with Gasteiger partial charge in [0, 0.05) is 12.1 Å². The van der Waals surface area contributed by atoms with Crippen LogP contribution in [0.2, 0.25) is 0 Å². The minimum Gasteiger partial charge on any atom is -0.374 e. The topological polar surface area (TPSA) is 98.7 Å². The van der Waals surface area contributed by atoms with Gasteiger partial charge in [0.1, 0.15) is 5.82 Å². The van der Waals surface area contributed by atoms with Crippen molar-refractivity contribution >= 4 is 40.0 Å². The maximum atomic E-state index is 12.1. The molecule has 3 N–H and O–H groups in total. The molecule has 2 aromatic rings. The smallest absolute Gasteiger partial charge is 0.238 e. The molecule has 1 atom stereocenters. The molecular weight excluding hydrogens is 296 g/mol. The van der Waals surface area contributed by atoms with E-state index in [2.05, 4.69) is 20.6 Å². The quantitative estimate of drug-likeness (QED) is 0.819. The number of nitrogens with zero attached hydrogens (tertiary/aromatic N) is 4. The van der Waals surface area contributed by atoms with Crippen molar-refractivity contribution < 1.29 is 4.79 Å². The van der Waals surface area contributed by atoms with Crippen molar-refractivity contribution in [3.63, 3.8) is 0 Å². The summed E-state index contributed by atoms with van der Waals surface area (Å²) in [6.45, 7) is 5.82. The van der Waals surface area contributed by atoms with Gasteiger partial charge in [-0.1, -0.05) is 23.1 Å². The Morgan fingerprint density at radius 2 is 2.20 bits per heavy atom. The summed E-state index contributed by atoms with van der Waals surface area (Å²) in [5.41, 5.74) is 5.51. The normalized spacial score (nSPS) is 12.6. The van der Waals surface area contributed by atoms with E-state index in [1.165, 1.54) is 23.1 Å². The maximum Gasteiger partial charge on any atom is 0.238 e. The Kier molecular flexibility index (Phi) is 4.61. The summed E-state index contributed by atoms with van der Waals surface area (Å²) in [6.07, 6.45) is 1.67. The third kappa shape index (κ3) is 3.48. The van der Waals surface area contributed by atoms with Crippen molar-refractivity contribution in [1.29, 1.82) is 0 Å². The molecule has 0 aliphatic heterocycles. The largest absolute Gasteiger partial charge is 0.374 e. The second-order valence-electron chi connectivity index (χ2n) is 4.41. The summed E-state index contributed by atoms with van der Waals surface area (Å²) >= 11 is 2.60. The van der Waals surface area contributed by atoms with Gasteiger partial charge in [0.2, 0.25) is 11.0 Å². The molecule has 0 aromatic carbocycles. The van der Waals surface area contributed by atoms with Crippen LogP contribution in [0.15, 0.2) is 16.6 Å². The molecule has 0 fully saturated rings. The van der Waals surface area contributed by atoms with Crippen molar-refractivity contribution in [2.24, 2.45) is 0 Å². The number of nitrogens with two attached hydrogens (primary N) is 1. The van der Waals surface area contributed by atoms with Crippen LogP contribution in [0.4, 0.5) is 10.9 Å². The van der Waals surface area contributed by atoms with Gasteiger partial charge in [-0.25, -0.2) is 4.68 Å². The van der Waals surface area contributed by atoms with Crippen LogP contribution in [-0.4, -0.2) is 31.1 Å². The van der Waals surface area contributed by atoms with Crippen molar-refractivity contribution in [2.75, 3.05) is 11.1 Å². The van der Waals surface area contributed by atoms with E-state index >= 15 is 0 Å². The first-order valence-corrected chi connectivity index (χ1v) is 7.77. The Morgan fingerprint density at radius 1 is 1.45 bits per heavy atom. The minimum absolute atomic E-state index is 0.105. The molecule has 0 saturated heterocycles. The number of carbonyl (C=O) groups excluding carboxylic acids is 1. The third-order valence-electron chi connectivity index (χ3n) is 2.48. The molecule has 0 spiro atoms. The molecule has 9 heteroatoms. The van der Waals surface area contributed by atoms with E-state index in [9.17, 15) is 4.79 Å². The number of hydrogen-bond acceptors (Lipinski definition) is 7. The van der Waals surface area contributed by atoms with E-state index in [0.717, 1.165) is 0 Å². The first-order valence-electron chi connectivity index (χ1n) is 6.07. The lowest BCUT2D eigenvalue weighted by atomic mass is 10.4. The Bertz CT molecular complexity index is 593. The maximum absolute atomic E-state index is 12.1. The Hall–Kier alpha value is -1.61. The number of anilines is 2. The predicted octanol–water partition coefficient (Wildman–Crippen LogP) is 2.02. The van der Waals surface area contributed by atoms with Crippen molar-refractivity contribution in [3.8, 4) is 0 Å². The van der Waals surface area contributed by atoms with Gasteiger partial charge in [-0.15, -0.1) is 10.2 Å². The highest BCUT2D eigenvalue weighted by Gasteiger charge is 2.18. The van der Waals surface area contributed by atoms with Crippen LogP contribution in [0.5, 0.6) is 0 Å². The van der Waals surface area contributed by atoms with Crippen LogP contribution in [0.25, 0.3) is 0 Å². The number of aromatic nitrogens is 4. The Labute approximate surface area is 125 Å². The second kappa shape index (κ2) is 6.23. The zero-order valence-corrected chi connectivity index (χ0v) is 13.0.